The number of amides is 2. The molecule has 1 aliphatic heterocycles. The van der Waals surface area contributed by atoms with Crippen molar-refractivity contribution in [2.75, 3.05) is 18.4 Å². The van der Waals surface area contributed by atoms with Crippen LogP contribution in [-0.2, 0) is 11.3 Å². The van der Waals surface area contributed by atoms with Gasteiger partial charge in [-0.25, -0.2) is 9.37 Å². The summed E-state index contributed by atoms with van der Waals surface area (Å²) in [6.07, 6.45) is 3.87. The van der Waals surface area contributed by atoms with E-state index in [1.807, 2.05) is 13.8 Å². The van der Waals surface area contributed by atoms with Gasteiger partial charge in [0.25, 0.3) is 5.91 Å². The van der Waals surface area contributed by atoms with Gasteiger partial charge in [-0.1, -0.05) is 37.3 Å². The molecule has 1 fully saturated rings. The molecule has 0 spiro atoms. The zero-order valence-corrected chi connectivity index (χ0v) is 22.7. The predicted octanol–water partition coefficient (Wildman–Crippen LogP) is 4.82. The Bertz CT molecular complexity index is 1490. The smallest absolute Gasteiger partial charge is 0.276 e. The number of hydrogen-bond acceptors (Lipinski definition) is 5. The molecule has 1 aliphatic rings. The lowest BCUT2D eigenvalue weighted by Crippen LogP contribution is -2.46. The molecule has 1 N–H and O–H groups in total. The van der Waals surface area contributed by atoms with Crippen LogP contribution in [0.15, 0.2) is 42.7 Å². The Balaban J connectivity index is 1.47. The first-order valence-electron chi connectivity index (χ1n) is 12.6. The molecule has 0 radical (unpaired) electrons. The van der Waals surface area contributed by atoms with Gasteiger partial charge in [0.1, 0.15) is 17.3 Å². The molecule has 8 nitrogen and oxygen atoms in total. The summed E-state index contributed by atoms with van der Waals surface area (Å²) in [5.74, 6) is 5.41. The number of nitrogens with one attached hydrogen (secondary N) is 1. The van der Waals surface area contributed by atoms with Crippen LogP contribution in [-0.4, -0.2) is 44.6 Å². The lowest BCUT2D eigenvalue weighted by atomic mass is 9.79. The number of carbonyl (C=O) groups excluding carboxylic acids is 2. The fourth-order valence-electron chi connectivity index (χ4n) is 4.44. The molecule has 0 saturated carbocycles. The molecule has 1 aromatic carbocycles. The molecule has 0 bridgehead atoms. The summed E-state index contributed by atoms with van der Waals surface area (Å²) in [7, 11) is 0. The van der Waals surface area contributed by atoms with Crippen molar-refractivity contribution in [3.63, 3.8) is 0 Å². The lowest BCUT2D eigenvalue weighted by Gasteiger charge is -2.38. The van der Waals surface area contributed by atoms with Gasteiger partial charge in [-0.3, -0.25) is 14.3 Å². The Morgan fingerprint density at radius 1 is 1.15 bits per heavy atom. The van der Waals surface area contributed by atoms with Gasteiger partial charge in [-0.05, 0) is 55.7 Å². The molecular weight excluding hydrogens is 519 g/mol. The molecule has 0 atom stereocenters. The zero-order chi connectivity index (χ0) is 28.2. The zero-order valence-electron chi connectivity index (χ0n) is 22.0. The normalized spacial score (nSPS) is 14.3. The van der Waals surface area contributed by atoms with Gasteiger partial charge in [0.2, 0.25) is 5.91 Å². The summed E-state index contributed by atoms with van der Waals surface area (Å²) >= 11 is 6.34. The highest BCUT2D eigenvalue weighted by Gasteiger charge is 2.38. The lowest BCUT2D eigenvalue weighted by molar-refractivity contribution is -0.136. The number of piperidine rings is 1. The molecule has 2 amide bonds. The highest BCUT2D eigenvalue weighted by molar-refractivity contribution is 6.34. The van der Waals surface area contributed by atoms with Gasteiger partial charge in [0.05, 0.1) is 29.2 Å². The van der Waals surface area contributed by atoms with Gasteiger partial charge in [0.15, 0.2) is 0 Å². The molecule has 3 heterocycles. The molecule has 0 unspecified atom stereocenters. The van der Waals surface area contributed by atoms with Gasteiger partial charge in [-0.2, -0.15) is 10.4 Å². The second kappa shape index (κ2) is 11.7. The Kier molecular flexibility index (Phi) is 8.32. The second-order valence-corrected chi connectivity index (χ2v) is 10.4. The number of nitrogens with zero attached hydrogens (tertiary/aromatic N) is 5. The number of hydrogen-bond donors (Lipinski definition) is 1. The van der Waals surface area contributed by atoms with Crippen LogP contribution >= 0.6 is 11.6 Å². The Morgan fingerprint density at radius 2 is 1.82 bits per heavy atom. The standard InChI is InChI=1S/C29H28ClFN6O2/c1-19(2)28(39)36-12-10-29(17-32,11-13-36)18-37-25(24(30)16-34-37)27(38)35-26-20(3)14-22(15-33-26)5-4-21-6-8-23(31)9-7-21/h6-9,14-16,19H,10-13,18H2,1-3H3,(H,33,35,38). The first kappa shape index (κ1) is 27.8. The number of aromatic nitrogens is 3. The number of pyridine rings is 1. The summed E-state index contributed by atoms with van der Waals surface area (Å²) in [6, 6.07) is 10.1. The Morgan fingerprint density at radius 3 is 2.44 bits per heavy atom. The summed E-state index contributed by atoms with van der Waals surface area (Å²) in [5, 5.41) is 17.2. The van der Waals surface area contributed by atoms with Gasteiger partial charge < -0.3 is 10.2 Å². The van der Waals surface area contributed by atoms with E-state index in [1.165, 1.54) is 29.2 Å². The van der Waals surface area contributed by atoms with E-state index in [-0.39, 0.29) is 34.9 Å². The summed E-state index contributed by atoms with van der Waals surface area (Å²) in [4.78, 5) is 31.7. The minimum atomic E-state index is -0.781. The monoisotopic (exact) mass is 546 g/mol. The van der Waals surface area contributed by atoms with Crippen LogP contribution < -0.4 is 5.32 Å². The third-order valence-corrected chi connectivity index (χ3v) is 7.01. The number of rotatable bonds is 5. The number of nitriles is 1. The molecule has 200 valence electrons. The van der Waals surface area contributed by atoms with Crippen molar-refractivity contribution >= 4 is 29.2 Å². The fourth-order valence-corrected chi connectivity index (χ4v) is 4.67. The van der Waals surface area contributed by atoms with Crippen LogP contribution in [0.3, 0.4) is 0 Å². The van der Waals surface area contributed by atoms with Gasteiger partial charge in [0, 0.05) is 36.3 Å². The SMILES string of the molecule is Cc1cc(C#Cc2ccc(F)cc2)cnc1NC(=O)c1c(Cl)cnn1CC1(C#N)CCN(C(=O)C(C)C)CC1. The second-order valence-electron chi connectivity index (χ2n) is 9.97. The van der Waals surface area contributed by atoms with E-state index in [4.69, 9.17) is 11.6 Å². The van der Waals surface area contributed by atoms with Gasteiger partial charge >= 0.3 is 0 Å². The molecular formula is C29H28ClFN6O2. The van der Waals surface area contributed by atoms with Crippen molar-refractivity contribution in [3.05, 3.63) is 75.9 Å². The van der Waals surface area contributed by atoms with Crippen LogP contribution in [0, 0.1) is 47.2 Å². The molecule has 2 aromatic heterocycles. The van der Waals surface area contributed by atoms with Gasteiger partial charge in [-0.15, -0.1) is 0 Å². The van der Waals surface area contributed by atoms with E-state index in [0.29, 0.717) is 48.4 Å². The Labute approximate surface area is 231 Å². The van der Waals surface area contributed by atoms with Crippen LogP contribution in [0.25, 0.3) is 0 Å². The Hall–Kier alpha value is -4.21. The van der Waals surface area contributed by atoms with Crippen molar-refractivity contribution in [1.29, 1.82) is 5.26 Å². The molecule has 39 heavy (non-hydrogen) atoms. The molecule has 4 rings (SSSR count). The van der Waals surface area contributed by atoms with Crippen LogP contribution in [0.1, 0.15) is 53.9 Å². The van der Waals surface area contributed by atoms with E-state index >= 15 is 0 Å². The highest BCUT2D eigenvalue weighted by Crippen LogP contribution is 2.34. The first-order chi connectivity index (χ1) is 18.6. The largest absolute Gasteiger partial charge is 0.342 e. The number of anilines is 1. The maximum atomic E-state index is 13.3. The summed E-state index contributed by atoms with van der Waals surface area (Å²) in [6.45, 7) is 6.63. The van der Waals surface area contributed by atoms with E-state index in [1.54, 1.807) is 30.0 Å². The van der Waals surface area contributed by atoms with Crippen molar-refractivity contribution < 1.29 is 14.0 Å². The van der Waals surface area contributed by atoms with E-state index < -0.39 is 11.3 Å². The first-order valence-corrected chi connectivity index (χ1v) is 13.0. The number of halogens is 2. The highest BCUT2D eigenvalue weighted by atomic mass is 35.5. The number of likely N-dealkylation sites (tertiary alicyclic amines) is 1. The summed E-state index contributed by atoms with van der Waals surface area (Å²) in [5.41, 5.74) is 1.34. The van der Waals surface area contributed by atoms with Crippen molar-refractivity contribution in [2.24, 2.45) is 11.3 Å². The number of aryl methyl sites for hydroxylation is 1. The molecule has 3 aromatic rings. The van der Waals surface area contributed by atoms with Crippen LogP contribution in [0.4, 0.5) is 10.2 Å². The predicted molar refractivity (Wildman–Crippen MR) is 145 cm³/mol. The molecule has 10 heteroatoms. The minimum absolute atomic E-state index is 0.0686. The van der Waals surface area contributed by atoms with Crippen molar-refractivity contribution in [3.8, 4) is 17.9 Å². The van der Waals surface area contributed by atoms with E-state index in [9.17, 15) is 19.2 Å². The maximum Gasteiger partial charge on any atom is 0.276 e. The third kappa shape index (κ3) is 6.45. The topological polar surface area (TPSA) is 104 Å². The quantitative estimate of drug-likeness (QED) is 0.462. The van der Waals surface area contributed by atoms with Crippen LogP contribution in [0.5, 0.6) is 0 Å². The summed E-state index contributed by atoms with van der Waals surface area (Å²) < 4.78 is 14.5. The average Bonchev–Trinajstić information content (AvgIpc) is 3.29. The molecule has 0 aliphatic carbocycles. The minimum Gasteiger partial charge on any atom is -0.342 e. The van der Waals surface area contributed by atoms with Crippen molar-refractivity contribution in [2.45, 2.75) is 40.2 Å². The third-order valence-electron chi connectivity index (χ3n) is 6.73. The fraction of sp³-hybridized carbons (Fsp3) is 0.345. The van der Waals surface area contributed by atoms with E-state index in [0.717, 1.165) is 0 Å². The molecule has 1 saturated heterocycles. The maximum absolute atomic E-state index is 13.3. The van der Waals surface area contributed by atoms with Crippen molar-refractivity contribution in [1.82, 2.24) is 19.7 Å². The average molecular weight is 547 g/mol. The number of benzene rings is 1. The number of carbonyl (C=O) groups is 2. The van der Waals surface area contributed by atoms with E-state index in [2.05, 4.69) is 33.3 Å². The van der Waals surface area contributed by atoms with Crippen LogP contribution in [0.2, 0.25) is 5.02 Å².